The predicted octanol–water partition coefficient (Wildman–Crippen LogP) is 5.91. The van der Waals surface area contributed by atoms with E-state index in [2.05, 4.69) is 10.3 Å². The Morgan fingerprint density at radius 3 is 2.43 bits per heavy atom. The van der Waals surface area contributed by atoms with Crippen molar-refractivity contribution >= 4 is 28.9 Å². The predicted molar refractivity (Wildman–Crippen MR) is 126 cm³/mol. The summed E-state index contributed by atoms with van der Waals surface area (Å²) >= 11 is 1.14. The molecule has 1 fully saturated rings. The second-order valence-electron chi connectivity index (χ2n) is 7.51. The van der Waals surface area contributed by atoms with Gasteiger partial charge < -0.3 is 19.5 Å². The van der Waals surface area contributed by atoms with Crippen molar-refractivity contribution in [3.8, 4) is 11.5 Å². The van der Waals surface area contributed by atoms with Crippen LogP contribution in [-0.4, -0.2) is 37.9 Å². The number of amidine groups is 1. The summed E-state index contributed by atoms with van der Waals surface area (Å²) in [5.41, 5.74) is -2.77. The molecule has 2 aromatic rings. The van der Waals surface area contributed by atoms with Crippen molar-refractivity contribution in [1.82, 2.24) is 5.32 Å². The number of aliphatic imine (C=N–C) groups is 1. The quantitative estimate of drug-likeness (QED) is 0.240. The van der Waals surface area contributed by atoms with Crippen molar-refractivity contribution < 1.29 is 45.3 Å². The summed E-state index contributed by atoms with van der Waals surface area (Å²) in [6, 6.07) is 5.86. The highest BCUT2D eigenvalue weighted by molar-refractivity contribution is 8.18. The minimum absolute atomic E-state index is 0.0594. The molecule has 0 aromatic heterocycles. The molecular weight excluding hydrogens is 526 g/mol. The third-order valence-corrected chi connectivity index (χ3v) is 5.90. The van der Waals surface area contributed by atoms with E-state index in [9.17, 15) is 31.1 Å². The maximum atomic E-state index is 13.4. The molecule has 1 aliphatic rings. The largest absolute Gasteiger partial charge is 0.493 e. The van der Waals surface area contributed by atoms with Crippen molar-refractivity contribution in [3.63, 3.8) is 0 Å². The van der Waals surface area contributed by atoms with Crippen LogP contribution in [-0.2, 0) is 28.5 Å². The molecule has 13 heteroatoms. The van der Waals surface area contributed by atoms with Gasteiger partial charge in [0, 0.05) is 12.2 Å². The first-order valence-corrected chi connectivity index (χ1v) is 11.6. The average Bonchev–Trinajstić information content (AvgIpc) is 3.18. The number of hydrogen-bond acceptors (Lipinski definition) is 6. The van der Waals surface area contributed by atoms with Gasteiger partial charge in [-0.2, -0.15) is 26.3 Å². The molecule has 1 heterocycles. The van der Waals surface area contributed by atoms with E-state index >= 15 is 0 Å². The molecule has 3 rings (SSSR count). The molecule has 1 amide bonds. The number of thioether (sulfide) groups is 1. The molecule has 0 bridgehead atoms. The number of methoxy groups -OCH3 is 1. The van der Waals surface area contributed by atoms with Gasteiger partial charge in [-0.3, -0.25) is 9.79 Å². The van der Waals surface area contributed by atoms with Gasteiger partial charge in [-0.25, -0.2) is 0 Å². The third kappa shape index (κ3) is 7.65. The number of alkyl halides is 6. The Morgan fingerprint density at radius 1 is 1.03 bits per heavy atom. The molecule has 1 aliphatic heterocycles. The van der Waals surface area contributed by atoms with Crippen molar-refractivity contribution in [1.29, 1.82) is 0 Å². The van der Waals surface area contributed by atoms with Crippen molar-refractivity contribution in [3.05, 3.63) is 63.6 Å². The Morgan fingerprint density at radius 2 is 1.78 bits per heavy atom. The topological polar surface area (TPSA) is 69.2 Å². The fraction of sp³-hybridized carbons (Fsp3) is 0.333. The van der Waals surface area contributed by atoms with Gasteiger partial charge in [0.15, 0.2) is 16.7 Å². The minimum atomic E-state index is -5.01. The summed E-state index contributed by atoms with van der Waals surface area (Å²) in [6.45, 7) is 2.58. The van der Waals surface area contributed by atoms with Crippen molar-refractivity contribution in [2.45, 2.75) is 25.9 Å². The van der Waals surface area contributed by atoms with E-state index in [-0.39, 0.29) is 23.5 Å². The van der Waals surface area contributed by atoms with Gasteiger partial charge >= 0.3 is 12.4 Å². The molecule has 200 valence electrons. The number of nitrogens with one attached hydrogen (secondary N) is 1. The molecule has 0 radical (unpaired) electrons. The van der Waals surface area contributed by atoms with E-state index in [1.54, 1.807) is 12.1 Å². The van der Waals surface area contributed by atoms with Crippen LogP contribution in [0.4, 0.5) is 26.3 Å². The molecule has 0 atom stereocenters. The molecule has 2 aromatic carbocycles. The van der Waals surface area contributed by atoms with Crippen LogP contribution in [0.5, 0.6) is 11.5 Å². The monoisotopic (exact) mass is 548 g/mol. The number of carbonyl (C=O) groups is 1. The molecular formula is C24H22F6N2O4S. The highest BCUT2D eigenvalue weighted by Crippen LogP contribution is 2.38. The number of amides is 1. The van der Waals surface area contributed by atoms with Gasteiger partial charge in [-0.1, -0.05) is 12.1 Å². The van der Waals surface area contributed by atoms with Gasteiger partial charge in [0.1, 0.15) is 6.61 Å². The Kier molecular flexibility index (Phi) is 9.13. The van der Waals surface area contributed by atoms with Crippen LogP contribution in [0.3, 0.4) is 0 Å². The first-order valence-electron chi connectivity index (χ1n) is 10.8. The van der Waals surface area contributed by atoms with Crippen LogP contribution < -0.4 is 14.8 Å². The summed E-state index contributed by atoms with van der Waals surface area (Å²) in [7, 11) is 1.32. The number of carbonyl (C=O) groups excluding carboxylic acids is 1. The highest BCUT2D eigenvalue weighted by atomic mass is 32.2. The molecule has 6 nitrogen and oxygen atoms in total. The lowest BCUT2D eigenvalue weighted by molar-refractivity contribution is -0.143. The fourth-order valence-electron chi connectivity index (χ4n) is 3.20. The second kappa shape index (κ2) is 11.9. The van der Waals surface area contributed by atoms with Gasteiger partial charge in [0.05, 0.1) is 36.3 Å². The van der Waals surface area contributed by atoms with Crippen molar-refractivity contribution in [2.75, 3.05) is 26.9 Å². The Balaban J connectivity index is 1.76. The SMILES string of the molecule is CCOCCN=C1NC(=O)C(=Cc2ccc(OCc3ccc(C(F)(F)F)cc3C(F)(F)F)c(OC)c2)S1. The number of nitrogens with zero attached hydrogens (tertiary/aromatic N) is 1. The molecule has 0 aliphatic carbocycles. The van der Waals surface area contributed by atoms with E-state index in [0.717, 1.165) is 17.8 Å². The van der Waals surface area contributed by atoms with Crippen LogP contribution in [0.1, 0.15) is 29.2 Å². The summed E-state index contributed by atoms with van der Waals surface area (Å²) in [4.78, 5) is 16.8. The molecule has 0 spiro atoms. The Bertz CT molecular complexity index is 1190. The Labute approximate surface area is 212 Å². The lowest BCUT2D eigenvalue weighted by atomic mass is 10.0. The smallest absolute Gasteiger partial charge is 0.416 e. The van der Waals surface area contributed by atoms with E-state index < -0.39 is 35.6 Å². The van der Waals surface area contributed by atoms with E-state index in [0.29, 0.717) is 41.5 Å². The summed E-state index contributed by atoms with van der Waals surface area (Å²) in [6.07, 6.45) is -8.35. The molecule has 0 unspecified atom stereocenters. The van der Waals surface area contributed by atoms with E-state index in [1.807, 2.05) is 6.92 Å². The number of hydrogen-bond donors (Lipinski definition) is 1. The second-order valence-corrected chi connectivity index (χ2v) is 8.55. The number of rotatable bonds is 9. The number of benzene rings is 2. The van der Waals surface area contributed by atoms with E-state index in [1.165, 1.54) is 19.2 Å². The van der Waals surface area contributed by atoms with Crippen LogP contribution in [0.15, 0.2) is 46.3 Å². The average molecular weight is 549 g/mol. The van der Waals surface area contributed by atoms with Gasteiger partial charge in [0.2, 0.25) is 0 Å². The van der Waals surface area contributed by atoms with Crippen molar-refractivity contribution in [2.24, 2.45) is 4.99 Å². The lowest BCUT2D eigenvalue weighted by Gasteiger charge is -2.17. The van der Waals surface area contributed by atoms with Gasteiger partial charge in [-0.05, 0) is 54.6 Å². The summed E-state index contributed by atoms with van der Waals surface area (Å²) in [5.74, 6) is -0.121. The number of ether oxygens (including phenoxy) is 3. The molecule has 0 saturated carbocycles. The lowest BCUT2D eigenvalue weighted by Crippen LogP contribution is -2.20. The van der Waals surface area contributed by atoms with Crippen LogP contribution >= 0.6 is 11.8 Å². The van der Waals surface area contributed by atoms with Crippen LogP contribution in [0, 0.1) is 0 Å². The van der Waals surface area contributed by atoms with E-state index in [4.69, 9.17) is 14.2 Å². The standard InChI is InChI=1S/C24H22F6N2O4S/c1-3-35-9-8-31-22-32-21(33)20(37-22)11-14-4-7-18(19(10-14)34-2)36-13-15-5-6-16(23(25,26)27)12-17(15)24(28,29)30/h4-7,10-12H,3,8-9,13H2,1-2H3,(H,31,32,33). The zero-order valence-corrected chi connectivity index (χ0v) is 20.4. The Hall–Kier alpha value is -3.19. The first kappa shape index (κ1) is 28.4. The molecule has 37 heavy (non-hydrogen) atoms. The number of halogens is 6. The molecule has 1 saturated heterocycles. The van der Waals surface area contributed by atoms with Crippen LogP contribution in [0.2, 0.25) is 0 Å². The normalized spacial score (nSPS) is 16.4. The molecule has 1 N–H and O–H groups in total. The zero-order chi connectivity index (χ0) is 27.2. The maximum Gasteiger partial charge on any atom is 0.416 e. The van der Waals surface area contributed by atoms with Gasteiger partial charge in [0.25, 0.3) is 5.91 Å². The minimum Gasteiger partial charge on any atom is -0.493 e. The summed E-state index contributed by atoms with van der Waals surface area (Å²) in [5, 5.41) is 3.07. The highest BCUT2D eigenvalue weighted by Gasteiger charge is 2.38. The van der Waals surface area contributed by atoms with Gasteiger partial charge in [-0.15, -0.1) is 0 Å². The fourth-order valence-corrected chi connectivity index (χ4v) is 4.05. The summed E-state index contributed by atoms with van der Waals surface area (Å²) < 4.78 is 94.8. The van der Waals surface area contributed by atoms with Crippen LogP contribution in [0.25, 0.3) is 6.08 Å². The first-order chi connectivity index (χ1) is 17.4. The maximum absolute atomic E-state index is 13.4. The zero-order valence-electron chi connectivity index (χ0n) is 19.6. The third-order valence-electron chi connectivity index (χ3n) is 4.96.